The molecule has 3 unspecified atom stereocenters. The first kappa shape index (κ1) is 74.9. The molecule has 6 amide bonds. The van der Waals surface area contributed by atoms with Crippen molar-refractivity contribution in [3.63, 3.8) is 0 Å². The number of fused-ring (bicyclic) bond motifs is 1. The Bertz CT molecular complexity index is 3690. The molecule has 3 fully saturated rings. The minimum atomic E-state index is -0.338. The van der Waals surface area contributed by atoms with Crippen LogP contribution in [-0.4, -0.2) is 135 Å². The zero-order valence-electron chi connectivity index (χ0n) is 58.5. The molecule has 3 aliphatic heterocycles. The number of carbonyl (C=O) groups is 3. The standard InChI is InChI=1S/C30H37N3OS.C26H34N4O2S.C24H31BrFN3O/c1-3-12-24(2)32-21-19-26(20-22-32)33(23-25-13-6-4-7-14-25)30(34)31-28-17-10-11-18-29(28)35-27-15-8-5-9-16-27;1-4-9-19(2)29-16-14-21(15-17-29)30(18-20-10-6-5-7-11-20)26(31)28-25-27-24-22(32-3)12-8-13-23(24)33-25;1-3-7-18(2)28-14-12-21(13-15-28)29(17-19-8-5-4-6-9-19)24(30)27-23-11-10-20(26)16-22(23)25/h4-11,13-18,24,26H,3,12,19-23H2,1-2H3,(H,31,34);5-8,10-13,19,21H,4,9,14-18H2,1-3H3,(H,27,28,31);4-6,8-11,16,18,21H,3,7,12-15,17H2,1-2H3,(H,27,30). The van der Waals surface area contributed by atoms with Crippen LogP contribution < -0.4 is 20.7 Å². The Morgan fingerprint density at radius 1 is 0.531 bits per heavy atom. The predicted octanol–water partition coefficient (Wildman–Crippen LogP) is 19.8. The summed E-state index contributed by atoms with van der Waals surface area (Å²) >= 11 is 6.50. The molecular formula is C80H102BrFN10O4S2. The molecule has 11 rings (SSSR count). The molecule has 8 aromatic rings. The van der Waals surface area contributed by atoms with Gasteiger partial charge in [-0.15, -0.1) is 0 Å². The summed E-state index contributed by atoms with van der Waals surface area (Å²) in [6.07, 6.45) is 13.2. The summed E-state index contributed by atoms with van der Waals surface area (Å²) in [6, 6.07) is 61.3. The third-order valence-electron chi connectivity index (χ3n) is 19.3. The van der Waals surface area contributed by atoms with Gasteiger partial charge in [-0.3, -0.25) is 5.32 Å². The highest BCUT2D eigenvalue weighted by Crippen LogP contribution is 2.36. The second kappa shape index (κ2) is 38.9. The van der Waals surface area contributed by atoms with Crippen LogP contribution in [0.5, 0.6) is 5.75 Å². The zero-order chi connectivity index (χ0) is 69.2. The molecule has 0 spiro atoms. The van der Waals surface area contributed by atoms with E-state index in [1.165, 1.54) is 62.0 Å². The molecular weight excluding hydrogens is 1330 g/mol. The normalized spacial score (nSPS) is 15.9. The molecule has 98 heavy (non-hydrogen) atoms. The number of hydrogen-bond acceptors (Lipinski definition) is 10. The number of para-hydroxylation sites is 2. The van der Waals surface area contributed by atoms with Crippen LogP contribution in [-0.2, 0) is 19.6 Å². The molecule has 3 saturated heterocycles. The Kier molecular flexibility index (Phi) is 29.7. The van der Waals surface area contributed by atoms with Crippen molar-refractivity contribution < 1.29 is 23.5 Å². The number of nitrogens with zero attached hydrogens (tertiary/aromatic N) is 7. The average Bonchev–Trinajstić information content (AvgIpc) is 1.60. The van der Waals surface area contributed by atoms with E-state index in [0.717, 1.165) is 126 Å². The number of rotatable bonds is 24. The Labute approximate surface area is 599 Å². The molecule has 522 valence electrons. The van der Waals surface area contributed by atoms with Gasteiger partial charge < -0.3 is 44.8 Å². The lowest BCUT2D eigenvalue weighted by Crippen LogP contribution is -2.50. The minimum Gasteiger partial charge on any atom is -0.494 e. The number of anilines is 3. The SMILES string of the molecule is CCCC(C)N1CCC(N(Cc2ccccc2)C(=O)Nc2ccc(F)cc2Br)CC1.CCCC(C)N1CCC(N(Cc2ccccc2)C(=O)Nc2ccccc2Sc2ccccc2)CC1.CCCC(C)N1CCC(N(Cc2ccccc2)C(=O)Nc2nc3c(OC)cccc3s2)CC1. The number of halogens is 2. The number of methoxy groups -OCH3 is 1. The first-order valence-corrected chi connectivity index (χ1v) is 37.9. The Balaban J connectivity index is 0.000000173. The fourth-order valence-corrected chi connectivity index (χ4v) is 15.9. The third-order valence-corrected chi connectivity index (χ3v) is 21.9. The van der Waals surface area contributed by atoms with Crippen molar-refractivity contribution in [2.24, 2.45) is 0 Å². The maximum absolute atomic E-state index is 13.7. The molecule has 0 aliphatic carbocycles. The second-order valence-electron chi connectivity index (χ2n) is 26.2. The molecule has 3 atom stereocenters. The quantitative estimate of drug-likeness (QED) is 0.0542. The topological polar surface area (TPSA) is 129 Å². The summed E-state index contributed by atoms with van der Waals surface area (Å²) in [4.78, 5) is 61.0. The van der Waals surface area contributed by atoms with E-state index in [1.807, 2.05) is 131 Å². The van der Waals surface area contributed by atoms with Crippen LogP contribution in [0.15, 0.2) is 196 Å². The summed E-state index contributed by atoms with van der Waals surface area (Å²) in [6.45, 7) is 21.6. The van der Waals surface area contributed by atoms with Crippen molar-refractivity contribution in [2.45, 2.75) is 184 Å². The van der Waals surface area contributed by atoms with Gasteiger partial charge in [-0.2, -0.15) is 0 Å². The fourth-order valence-electron chi connectivity index (χ4n) is 13.7. The highest BCUT2D eigenvalue weighted by molar-refractivity contribution is 9.10. The van der Waals surface area contributed by atoms with Crippen LogP contribution in [0.3, 0.4) is 0 Å². The maximum Gasteiger partial charge on any atom is 0.324 e. The molecule has 4 heterocycles. The summed E-state index contributed by atoms with van der Waals surface area (Å²) in [5.74, 6) is 0.383. The lowest BCUT2D eigenvalue weighted by molar-refractivity contribution is 0.0987. The van der Waals surface area contributed by atoms with Gasteiger partial charge in [-0.05, 0) is 166 Å². The van der Waals surface area contributed by atoms with E-state index in [9.17, 15) is 18.8 Å². The van der Waals surface area contributed by atoms with Crippen molar-refractivity contribution in [2.75, 3.05) is 62.3 Å². The van der Waals surface area contributed by atoms with Gasteiger partial charge in [0.2, 0.25) is 0 Å². The van der Waals surface area contributed by atoms with Gasteiger partial charge in [0.05, 0.1) is 23.2 Å². The maximum atomic E-state index is 13.7. The van der Waals surface area contributed by atoms with E-state index >= 15 is 0 Å². The average molecular weight is 1430 g/mol. The van der Waals surface area contributed by atoms with Crippen LogP contribution in [0.1, 0.15) is 135 Å². The number of piperidine rings is 3. The molecule has 0 saturated carbocycles. The highest BCUT2D eigenvalue weighted by Gasteiger charge is 2.34. The lowest BCUT2D eigenvalue weighted by atomic mass is 10.00. The predicted molar refractivity (Wildman–Crippen MR) is 407 cm³/mol. The number of aromatic nitrogens is 1. The van der Waals surface area contributed by atoms with Crippen molar-refractivity contribution in [3.05, 3.63) is 209 Å². The lowest BCUT2D eigenvalue weighted by Gasteiger charge is -2.40. The number of benzene rings is 7. The van der Waals surface area contributed by atoms with Gasteiger partial charge in [0, 0.05) is 109 Å². The first-order chi connectivity index (χ1) is 47.7. The number of nitrogens with one attached hydrogen (secondary N) is 3. The van der Waals surface area contributed by atoms with E-state index in [2.05, 4.69) is 140 Å². The molecule has 7 aromatic carbocycles. The van der Waals surface area contributed by atoms with Crippen molar-refractivity contribution in [3.8, 4) is 5.75 Å². The van der Waals surface area contributed by atoms with Gasteiger partial charge in [-0.25, -0.2) is 23.8 Å². The minimum absolute atomic E-state index is 0.0185. The largest absolute Gasteiger partial charge is 0.494 e. The molecule has 3 N–H and O–H groups in total. The number of carbonyl (C=O) groups excluding carboxylic acids is 3. The van der Waals surface area contributed by atoms with Gasteiger partial charge in [0.15, 0.2) is 5.13 Å². The monoisotopic (exact) mass is 1430 g/mol. The Hall–Kier alpha value is -7.32. The van der Waals surface area contributed by atoms with Crippen LogP contribution >= 0.6 is 39.0 Å². The number of ether oxygens (including phenoxy) is 1. The molecule has 0 bridgehead atoms. The van der Waals surface area contributed by atoms with Crippen LogP contribution in [0.4, 0.5) is 35.3 Å². The molecule has 14 nitrogen and oxygen atoms in total. The Morgan fingerprint density at radius 2 is 0.929 bits per heavy atom. The summed E-state index contributed by atoms with van der Waals surface area (Å²) < 4.78 is 20.4. The van der Waals surface area contributed by atoms with Crippen molar-refractivity contribution in [1.29, 1.82) is 0 Å². The van der Waals surface area contributed by atoms with Crippen LogP contribution in [0, 0.1) is 5.82 Å². The van der Waals surface area contributed by atoms with Gasteiger partial charge in [0.1, 0.15) is 17.1 Å². The van der Waals surface area contributed by atoms with Crippen LogP contribution in [0.25, 0.3) is 10.2 Å². The molecule has 18 heteroatoms. The smallest absolute Gasteiger partial charge is 0.324 e. The van der Waals surface area contributed by atoms with Gasteiger partial charge in [0.25, 0.3) is 0 Å². The number of hydrogen-bond donors (Lipinski definition) is 3. The van der Waals surface area contributed by atoms with E-state index < -0.39 is 0 Å². The van der Waals surface area contributed by atoms with Crippen LogP contribution in [0.2, 0.25) is 0 Å². The van der Waals surface area contributed by atoms with E-state index in [0.29, 0.717) is 53.1 Å². The summed E-state index contributed by atoms with van der Waals surface area (Å²) in [5, 5.41) is 9.91. The molecule has 1 aromatic heterocycles. The van der Waals surface area contributed by atoms with Gasteiger partial charge >= 0.3 is 18.1 Å². The summed E-state index contributed by atoms with van der Waals surface area (Å²) in [7, 11) is 1.64. The molecule has 0 radical (unpaired) electrons. The number of amides is 6. The summed E-state index contributed by atoms with van der Waals surface area (Å²) in [5.41, 5.74) is 5.63. The van der Waals surface area contributed by atoms with Crippen molar-refractivity contribution >= 4 is 83.8 Å². The highest BCUT2D eigenvalue weighted by atomic mass is 79.9. The van der Waals surface area contributed by atoms with Crippen molar-refractivity contribution in [1.82, 2.24) is 34.4 Å². The third kappa shape index (κ3) is 22.1. The first-order valence-electron chi connectivity index (χ1n) is 35.5. The fraction of sp³-hybridized carbons (Fsp3) is 0.425. The van der Waals surface area contributed by atoms with Gasteiger partial charge in [-0.1, -0.05) is 191 Å². The molecule has 3 aliphatic rings. The zero-order valence-corrected chi connectivity index (χ0v) is 61.7. The number of thiazole rings is 1. The second-order valence-corrected chi connectivity index (χ2v) is 29.2. The Morgan fingerprint density at radius 3 is 1.35 bits per heavy atom. The van der Waals surface area contributed by atoms with E-state index in [-0.39, 0.29) is 42.0 Å². The number of urea groups is 3. The van der Waals surface area contributed by atoms with E-state index in [1.54, 1.807) is 24.9 Å². The number of likely N-dealkylation sites (tertiary alicyclic amines) is 3. The van der Waals surface area contributed by atoms with E-state index in [4.69, 9.17) is 4.74 Å².